The van der Waals surface area contributed by atoms with Crippen molar-refractivity contribution in [2.24, 2.45) is 5.92 Å². The van der Waals surface area contributed by atoms with Crippen LogP contribution in [-0.2, 0) is 0 Å². The normalized spacial score (nSPS) is 13.1. The van der Waals surface area contributed by atoms with E-state index in [0.717, 1.165) is 22.8 Å². The number of benzene rings is 1. The highest BCUT2D eigenvalue weighted by molar-refractivity contribution is 7.99. The van der Waals surface area contributed by atoms with E-state index in [0.29, 0.717) is 5.92 Å². The van der Waals surface area contributed by atoms with Crippen molar-refractivity contribution in [1.82, 2.24) is 5.32 Å². The lowest BCUT2D eigenvalue weighted by Gasteiger charge is -2.14. The second kappa shape index (κ2) is 7.02. The van der Waals surface area contributed by atoms with E-state index in [1.807, 2.05) is 12.1 Å². The summed E-state index contributed by atoms with van der Waals surface area (Å²) in [5.74, 6) is 1.44. The van der Waals surface area contributed by atoms with E-state index in [1.165, 1.54) is 0 Å². The summed E-state index contributed by atoms with van der Waals surface area (Å²) in [4.78, 5) is 0.756. The van der Waals surface area contributed by atoms with E-state index >= 15 is 0 Å². The first kappa shape index (κ1) is 14.5. The Kier molecular flexibility index (Phi) is 6.00. The second-order valence-corrected chi connectivity index (χ2v) is 5.74. The Morgan fingerprint density at radius 1 is 1.29 bits per heavy atom. The van der Waals surface area contributed by atoms with Gasteiger partial charge in [0.1, 0.15) is 5.82 Å². The summed E-state index contributed by atoms with van der Waals surface area (Å²) in [6.07, 6.45) is 0. The highest BCUT2D eigenvalue weighted by Gasteiger charge is 2.09. The van der Waals surface area contributed by atoms with Crippen LogP contribution in [0.15, 0.2) is 23.1 Å². The molecule has 0 amide bonds. The van der Waals surface area contributed by atoms with Crippen molar-refractivity contribution in [3.63, 3.8) is 0 Å². The molecule has 96 valence electrons. The van der Waals surface area contributed by atoms with Gasteiger partial charge in [0.15, 0.2) is 0 Å². The van der Waals surface area contributed by atoms with Gasteiger partial charge in [-0.05, 0) is 37.1 Å². The molecule has 1 unspecified atom stereocenters. The zero-order valence-corrected chi connectivity index (χ0v) is 11.9. The lowest BCUT2D eigenvalue weighted by molar-refractivity contribution is 0.572. The maximum absolute atomic E-state index is 13.9. The van der Waals surface area contributed by atoms with Gasteiger partial charge in [0.25, 0.3) is 0 Å². The third-order valence-corrected chi connectivity index (χ3v) is 4.01. The summed E-state index contributed by atoms with van der Waals surface area (Å²) in [5.41, 5.74) is 1.01. The molecule has 0 bridgehead atoms. The fourth-order valence-corrected chi connectivity index (χ4v) is 2.46. The summed E-state index contributed by atoms with van der Waals surface area (Å²) in [6.45, 7) is 9.30. The molecule has 0 aliphatic heterocycles. The Balaban J connectivity index is 2.72. The number of nitrogens with one attached hydrogen (secondary N) is 1. The van der Waals surface area contributed by atoms with E-state index in [1.54, 1.807) is 17.8 Å². The number of rotatable bonds is 6. The molecular weight excluding hydrogens is 233 g/mol. The number of halogens is 1. The van der Waals surface area contributed by atoms with Gasteiger partial charge in [-0.2, -0.15) is 0 Å². The van der Waals surface area contributed by atoms with Crippen LogP contribution < -0.4 is 5.32 Å². The van der Waals surface area contributed by atoms with Crippen molar-refractivity contribution in [3.8, 4) is 0 Å². The van der Waals surface area contributed by atoms with Crippen molar-refractivity contribution < 1.29 is 4.39 Å². The molecule has 1 N–H and O–H groups in total. The Morgan fingerprint density at radius 2 is 2.00 bits per heavy atom. The molecule has 0 radical (unpaired) electrons. The maximum Gasteiger partial charge on any atom is 0.137 e. The Morgan fingerprint density at radius 3 is 2.53 bits per heavy atom. The zero-order chi connectivity index (χ0) is 12.8. The molecule has 17 heavy (non-hydrogen) atoms. The highest BCUT2D eigenvalue weighted by Crippen LogP contribution is 2.26. The third kappa shape index (κ3) is 4.68. The molecule has 1 nitrogen and oxygen atoms in total. The largest absolute Gasteiger partial charge is 0.310 e. The minimum atomic E-state index is -0.0992. The monoisotopic (exact) mass is 255 g/mol. The number of hydrogen-bond acceptors (Lipinski definition) is 2. The minimum Gasteiger partial charge on any atom is -0.310 e. The van der Waals surface area contributed by atoms with Crippen LogP contribution in [0.4, 0.5) is 4.39 Å². The molecule has 0 fully saturated rings. The molecule has 1 atom stereocenters. The Hall–Kier alpha value is -0.540. The summed E-state index contributed by atoms with van der Waals surface area (Å²) in [7, 11) is 0. The average molecular weight is 255 g/mol. The van der Waals surface area contributed by atoms with Crippen LogP contribution in [0.3, 0.4) is 0 Å². The van der Waals surface area contributed by atoms with E-state index in [-0.39, 0.29) is 11.9 Å². The summed E-state index contributed by atoms with van der Waals surface area (Å²) in [5, 5.41) is 3.29. The lowest BCUT2D eigenvalue weighted by atomic mass is 10.1. The fraction of sp³-hybridized carbons (Fsp3) is 0.571. The van der Waals surface area contributed by atoms with Gasteiger partial charge in [-0.3, -0.25) is 0 Å². The molecule has 0 saturated heterocycles. The molecule has 1 aromatic carbocycles. The molecule has 0 aliphatic carbocycles. The first-order valence-electron chi connectivity index (χ1n) is 6.20. The van der Waals surface area contributed by atoms with Crippen LogP contribution in [0.5, 0.6) is 0 Å². The molecule has 0 spiro atoms. The first-order chi connectivity index (χ1) is 8.04. The summed E-state index contributed by atoms with van der Waals surface area (Å²) < 4.78 is 13.9. The maximum atomic E-state index is 13.9. The van der Waals surface area contributed by atoms with Crippen LogP contribution in [-0.4, -0.2) is 12.3 Å². The topological polar surface area (TPSA) is 12.0 Å². The molecule has 1 rings (SSSR count). The van der Waals surface area contributed by atoms with Gasteiger partial charge >= 0.3 is 0 Å². The second-order valence-electron chi connectivity index (χ2n) is 4.67. The predicted octanol–water partition coefficient (Wildman–Crippen LogP) is 4.24. The van der Waals surface area contributed by atoms with Gasteiger partial charge in [0.2, 0.25) is 0 Å². The Labute approximate surface area is 108 Å². The smallest absolute Gasteiger partial charge is 0.137 e. The molecule has 0 aromatic heterocycles. The van der Waals surface area contributed by atoms with Gasteiger partial charge in [0, 0.05) is 16.7 Å². The van der Waals surface area contributed by atoms with Crippen LogP contribution in [0.25, 0.3) is 0 Å². The van der Waals surface area contributed by atoms with Crippen LogP contribution >= 0.6 is 11.8 Å². The first-order valence-corrected chi connectivity index (χ1v) is 7.18. The lowest BCUT2D eigenvalue weighted by Crippen LogP contribution is -2.17. The third-order valence-electron chi connectivity index (χ3n) is 2.54. The van der Waals surface area contributed by atoms with E-state index < -0.39 is 0 Å². The summed E-state index contributed by atoms with van der Waals surface area (Å²) in [6, 6.07) is 5.76. The zero-order valence-electron chi connectivity index (χ0n) is 11.1. The molecule has 1 aromatic rings. The van der Waals surface area contributed by atoms with Crippen molar-refractivity contribution >= 4 is 11.8 Å². The predicted molar refractivity (Wildman–Crippen MR) is 74.1 cm³/mol. The van der Waals surface area contributed by atoms with Gasteiger partial charge in [-0.15, -0.1) is 11.8 Å². The van der Waals surface area contributed by atoms with Crippen molar-refractivity contribution in [1.29, 1.82) is 0 Å². The molecule has 0 heterocycles. The van der Waals surface area contributed by atoms with Crippen LogP contribution in [0.2, 0.25) is 0 Å². The molecule has 0 aliphatic rings. The van der Waals surface area contributed by atoms with E-state index in [9.17, 15) is 4.39 Å². The van der Waals surface area contributed by atoms with Crippen molar-refractivity contribution in [2.45, 2.75) is 38.6 Å². The molecule has 3 heteroatoms. The van der Waals surface area contributed by atoms with Gasteiger partial charge in [-0.1, -0.05) is 26.8 Å². The quantitative estimate of drug-likeness (QED) is 0.763. The van der Waals surface area contributed by atoms with Crippen molar-refractivity contribution in [3.05, 3.63) is 29.6 Å². The summed E-state index contributed by atoms with van der Waals surface area (Å²) >= 11 is 1.59. The fourth-order valence-electron chi connectivity index (χ4n) is 1.58. The van der Waals surface area contributed by atoms with Crippen molar-refractivity contribution in [2.75, 3.05) is 12.3 Å². The van der Waals surface area contributed by atoms with Crippen LogP contribution in [0.1, 0.15) is 39.3 Å². The van der Waals surface area contributed by atoms with E-state index in [2.05, 4.69) is 33.0 Å². The van der Waals surface area contributed by atoms with Gasteiger partial charge in [-0.25, -0.2) is 4.39 Å². The highest BCUT2D eigenvalue weighted by atomic mass is 32.2. The Bertz CT molecular complexity index is 352. The van der Waals surface area contributed by atoms with Gasteiger partial charge in [0.05, 0.1) is 0 Å². The van der Waals surface area contributed by atoms with Crippen LogP contribution in [0, 0.1) is 11.7 Å². The number of hydrogen-bond donors (Lipinski definition) is 1. The standard InChI is InChI=1S/C14H22FNS/c1-5-16-11(4)12-6-7-14(13(15)8-12)17-9-10(2)3/h6-8,10-11,16H,5,9H2,1-4H3. The molecular formula is C14H22FNS. The SMILES string of the molecule is CCNC(C)c1ccc(SCC(C)C)c(F)c1. The average Bonchev–Trinajstić information content (AvgIpc) is 2.27. The van der Waals surface area contributed by atoms with Gasteiger partial charge < -0.3 is 5.32 Å². The van der Waals surface area contributed by atoms with E-state index in [4.69, 9.17) is 0 Å². The molecule has 0 saturated carbocycles. The number of thioether (sulfide) groups is 1. The minimum absolute atomic E-state index is 0.0992.